The minimum absolute atomic E-state index is 0.601. The van der Waals surface area contributed by atoms with E-state index >= 15 is 0 Å². The van der Waals surface area contributed by atoms with Crippen molar-refractivity contribution in [2.24, 2.45) is 17.3 Å². The van der Waals surface area contributed by atoms with Crippen molar-refractivity contribution in [1.82, 2.24) is 0 Å². The summed E-state index contributed by atoms with van der Waals surface area (Å²) in [6.45, 7) is 7.76. The van der Waals surface area contributed by atoms with E-state index in [-0.39, 0.29) is 0 Å². The highest BCUT2D eigenvalue weighted by Crippen LogP contribution is 2.61. The maximum absolute atomic E-state index is 5.74. The van der Waals surface area contributed by atoms with Gasteiger partial charge in [0.25, 0.3) is 0 Å². The van der Waals surface area contributed by atoms with Crippen LogP contribution < -0.4 is 0 Å². The second-order valence-electron chi connectivity index (χ2n) is 8.08. The summed E-state index contributed by atoms with van der Waals surface area (Å²) in [5.74, 6) is 1.83. The van der Waals surface area contributed by atoms with Crippen molar-refractivity contribution in [2.45, 2.75) is 83.0 Å². The molecular formula is C16H30OSi. The summed E-state index contributed by atoms with van der Waals surface area (Å²) in [6.07, 6.45) is 11.3. The fourth-order valence-corrected chi connectivity index (χ4v) is 6.00. The molecule has 3 rings (SSSR count). The van der Waals surface area contributed by atoms with E-state index in [4.69, 9.17) is 4.74 Å². The molecule has 0 radical (unpaired) electrons. The monoisotopic (exact) mass is 266 g/mol. The maximum atomic E-state index is 5.74. The van der Waals surface area contributed by atoms with Crippen LogP contribution in [0.3, 0.4) is 0 Å². The molecule has 3 aliphatic rings. The molecule has 1 heterocycles. The van der Waals surface area contributed by atoms with Crippen molar-refractivity contribution >= 4 is 10.2 Å². The predicted molar refractivity (Wildman–Crippen MR) is 80.0 cm³/mol. The van der Waals surface area contributed by atoms with E-state index in [1.807, 2.05) is 0 Å². The van der Waals surface area contributed by atoms with E-state index in [1.54, 1.807) is 0 Å². The topological polar surface area (TPSA) is 12.5 Å². The zero-order valence-corrected chi connectivity index (χ0v) is 14.7. The molecule has 18 heavy (non-hydrogen) atoms. The molecule has 104 valence electrons. The third-order valence-electron chi connectivity index (χ3n) is 7.05. The molecule has 1 aliphatic heterocycles. The molecule has 1 saturated heterocycles. The lowest BCUT2D eigenvalue weighted by Gasteiger charge is -2.54. The predicted octanol–water partition coefficient (Wildman–Crippen LogP) is 3.31. The Morgan fingerprint density at radius 3 is 2.50 bits per heavy atom. The van der Waals surface area contributed by atoms with Gasteiger partial charge in [-0.25, -0.2) is 0 Å². The van der Waals surface area contributed by atoms with Crippen molar-refractivity contribution in [2.75, 3.05) is 0 Å². The molecule has 6 unspecified atom stereocenters. The fourth-order valence-electron chi connectivity index (χ4n) is 4.94. The van der Waals surface area contributed by atoms with Crippen molar-refractivity contribution in [3.63, 3.8) is 0 Å². The van der Waals surface area contributed by atoms with Gasteiger partial charge in [0.1, 0.15) is 0 Å². The average molecular weight is 267 g/mol. The number of epoxide rings is 1. The Hall–Kier alpha value is 0.177. The van der Waals surface area contributed by atoms with E-state index in [9.17, 15) is 0 Å². The van der Waals surface area contributed by atoms with Gasteiger partial charge in [0.2, 0.25) is 0 Å². The zero-order valence-electron chi connectivity index (χ0n) is 12.7. The molecule has 0 amide bonds. The maximum Gasteiger partial charge on any atom is 0.0844 e. The van der Waals surface area contributed by atoms with Gasteiger partial charge >= 0.3 is 0 Å². The Kier molecular flexibility index (Phi) is 3.18. The molecule has 2 aliphatic carbocycles. The van der Waals surface area contributed by atoms with Crippen LogP contribution in [-0.4, -0.2) is 22.5 Å². The zero-order chi connectivity index (χ0) is 13.0. The van der Waals surface area contributed by atoms with Crippen molar-refractivity contribution in [1.29, 1.82) is 0 Å². The standard InChI is InChI=1S/C16H30OSi/c1-11(12-6-7-13-14(10-12)17-13)15(2)8-4-5-9-16(15,3)18/h11-14H,4-10H2,1-3,18H3. The van der Waals surface area contributed by atoms with Gasteiger partial charge in [-0.05, 0) is 48.0 Å². The van der Waals surface area contributed by atoms with Crippen LogP contribution in [0.15, 0.2) is 0 Å². The quantitative estimate of drug-likeness (QED) is 0.552. The number of hydrogen-bond acceptors (Lipinski definition) is 1. The Morgan fingerprint density at radius 1 is 1.11 bits per heavy atom. The molecule has 0 aromatic carbocycles. The number of rotatable bonds is 2. The lowest BCUT2D eigenvalue weighted by Crippen LogP contribution is -2.44. The largest absolute Gasteiger partial charge is 0.370 e. The first-order chi connectivity index (χ1) is 8.44. The Morgan fingerprint density at radius 2 is 1.83 bits per heavy atom. The highest BCUT2D eigenvalue weighted by atomic mass is 28.1. The average Bonchev–Trinajstić information content (AvgIpc) is 3.10. The first-order valence-corrected chi connectivity index (χ1v) is 9.09. The first-order valence-electron chi connectivity index (χ1n) is 8.09. The van der Waals surface area contributed by atoms with E-state index in [0.29, 0.717) is 22.7 Å². The van der Waals surface area contributed by atoms with Gasteiger partial charge in [0, 0.05) is 10.2 Å². The lowest BCUT2D eigenvalue weighted by atomic mass is 9.56. The van der Waals surface area contributed by atoms with Crippen molar-refractivity contribution in [3.05, 3.63) is 0 Å². The van der Waals surface area contributed by atoms with E-state index < -0.39 is 0 Å². The Balaban J connectivity index is 1.74. The van der Waals surface area contributed by atoms with Gasteiger partial charge in [-0.2, -0.15) is 0 Å². The van der Waals surface area contributed by atoms with Gasteiger partial charge in [-0.1, -0.05) is 40.0 Å². The Labute approximate surface area is 115 Å². The number of hydrogen-bond donors (Lipinski definition) is 0. The lowest BCUT2D eigenvalue weighted by molar-refractivity contribution is 0.0315. The van der Waals surface area contributed by atoms with E-state index in [0.717, 1.165) is 11.8 Å². The smallest absolute Gasteiger partial charge is 0.0844 e. The first kappa shape index (κ1) is 13.2. The van der Waals surface area contributed by atoms with E-state index in [1.165, 1.54) is 55.2 Å². The second kappa shape index (κ2) is 4.34. The summed E-state index contributed by atoms with van der Waals surface area (Å²) in [6, 6.07) is 0. The minimum Gasteiger partial charge on any atom is -0.370 e. The third kappa shape index (κ3) is 2.00. The summed E-state index contributed by atoms with van der Waals surface area (Å²) in [7, 11) is 1.36. The van der Waals surface area contributed by atoms with Crippen LogP contribution in [0.1, 0.15) is 65.7 Å². The number of fused-ring (bicyclic) bond motifs is 1. The summed E-state index contributed by atoms with van der Waals surface area (Å²) < 4.78 is 5.74. The SMILES string of the molecule is CC(C1CCC2OC2C1)C1(C)CCCCC1(C)[SiH3]. The van der Waals surface area contributed by atoms with Crippen LogP contribution in [0.5, 0.6) is 0 Å². The highest BCUT2D eigenvalue weighted by molar-refractivity contribution is 6.15. The second-order valence-corrected chi connectivity index (χ2v) is 10.3. The number of ether oxygens (including phenoxy) is 1. The summed E-state index contributed by atoms with van der Waals surface area (Å²) in [4.78, 5) is 0. The highest BCUT2D eigenvalue weighted by Gasteiger charge is 2.52. The van der Waals surface area contributed by atoms with Crippen LogP contribution in [0.4, 0.5) is 0 Å². The van der Waals surface area contributed by atoms with Gasteiger partial charge < -0.3 is 4.74 Å². The van der Waals surface area contributed by atoms with Gasteiger partial charge in [-0.15, -0.1) is 0 Å². The molecule has 3 fully saturated rings. The summed E-state index contributed by atoms with van der Waals surface area (Å²) in [5, 5.41) is 0.659. The van der Waals surface area contributed by atoms with Crippen LogP contribution in [0.2, 0.25) is 5.04 Å². The third-order valence-corrected chi connectivity index (χ3v) is 8.69. The molecule has 0 N–H and O–H groups in total. The fraction of sp³-hybridized carbons (Fsp3) is 1.00. The molecule has 2 heteroatoms. The molecular weight excluding hydrogens is 236 g/mol. The molecule has 0 spiro atoms. The van der Waals surface area contributed by atoms with Crippen molar-refractivity contribution < 1.29 is 4.74 Å². The van der Waals surface area contributed by atoms with Crippen LogP contribution in [-0.2, 0) is 4.74 Å². The normalized spacial score (nSPS) is 53.8. The summed E-state index contributed by atoms with van der Waals surface area (Å²) >= 11 is 0. The van der Waals surface area contributed by atoms with Crippen LogP contribution >= 0.6 is 0 Å². The summed E-state index contributed by atoms with van der Waals surface area (Å²) in [5.41, 5.74) is 0.601. The molecule has 0 aromatic heterocycles. The van der Waals surface area contributed by atoms with Gasteiger partial charge in [0.05, 0.1) is 12.2 Å². The molecule has 1 nitrogen and oxygen atoms in total. The van der Waals surface area contributed by atoms with Gasteiger partial charge in [-0.3, -0.25) is 0 Å². The molecule has 2 saturated carbocycles. The van der Waals surface area contributed by atoms with Crippen molar-refractivity contribution in [3.8, 4) is 0 Å². The molecule has 6 atom stereocenters. The molecule has 0 bridgehead atoms. The minimum atomic E-state index is 0.601. The van der Waals surface area contributed by atoms with Crippen LogP contribution in [0, 0.1) is 17.3 Å². The van der Waals surface area contributed by atoms with E-state index in [2.05, 4.69) is 20.8 Å². The Bertz CT molecular complexity index is 327. The van der Waals surface area contributed by atoms with Gasteiger partial charge in [0.15, 0.2) is 0 Å². The molecule has 0 aromatic rings. The van der Waals surface area contributed by atoms with Crippen LogP contribution in [0.25, 0.3) is 0 Å².